The third kappa shape index (κ3) is 4.06. The Balaban J connectivity index is 1.76. The molecule has 1 heterocycles. The van der Waals surface area contributed by atoms with Gasteiger partial charge in [0.05, 0.1) is 18.6 Å². The summed E-state index contributed by atoms with van der Waals surface area (Å²) in [7, 11) is 1.58. The molecule has 6 nitrogen and oxygen atoms in total. The second kappa shape index (κ2) is 7.48. The molecule has 0 spiro atoms. The van der Waals surface area contributed by atoms with Crippen molar-refractivity contribution < 1.29 is 9.53 Å². The first-order chi connectivity index (χ1) is 12.1. The fourth-order valence-electron chi connectivity index (χ4n) is 2.51. The number of methoxy groups -OCH3 is 1. The molecule has 2 aromatic carbocycles. The molecule has 3 aromatic rings. The van der Waals surface area contributed by atoms with Gasteiger partial charge in [0.25, 0.3) is 0 Å². The first-order valence-corrected chi connectivity index (χ1v) is 8.72. The van der Waals surface area contributed by atoms with Crippen LogP contribution >= 0.6 is 11.8 Å². The van der Waals surface area contributed by atoms with Crippen LogP contribution in [0.4, 0.5) is 0 Å². The monoisotopic (exact) mass is 354 g/mol. The number of hydrogen-bond donors (Lipinski definition) is 0. The Morgan fingerprint density at radius 1 is 1.16 bits per heavy atom. The lowest BCUT2D eigenvalue weighted by Gasteiger charge is -2.07. The minimum absolute atomic E-state index is 0.00104. The number of benzene rings is 2. The lowest BCUT2D eigenvalue weighted by molar-refractivity contribution is 0.102. The molecule has 0 bridgehead atoms. The summed E-state index contributed by atoms with van der Waals surface area (Å²) in [4.78, 5) is 12.4. The molecule has 0 saturated heterocycles. The molecule has 7 heteroatoms. The second-order valence-electron chi connectivity index (χ2n) is 5.66. The van der Waals surface area contributed by atoms with Crippen LogP contribution in [0.3, 0.4) is 0 Å². The third-order valence-electron chi connectivity index (χ3n) is 3.62. The zero-order valence-electron chi connectivity index (χ0n) is 14.3. The van der Waals surface area contributed by atoms with Crippen molar-refractivity contribution in [2.24, 2.45) is 0 Å². The summed E-state index contributed by atoms with van der Waals surface area (Å²) in [6.45, 7) is 4.06. The highest BCUT2D eigenvalue weighted by Gasteiger charge is 2.13. The smallest absolute Gasteiger partial charge is 0.214 e. The molecule has 0 saturated carbocycles. The Labute approximate surface area is 150 Å². The normalized spacial score (nSPS) is 10.7. The van der Waals surface area contributed by atoms with Crippen LogP contribution in [0.25, 0.3) is 5.69 Å². The zero-order chi connectivity index (χ0) is 17.8. The number of tetrazole rings is 1. The molecule has 0 aliphatic rings. The van der Waals surface area contributed by atoms with Gasteiger partial charge in [0.2, 0.25) is 5.16 Å². The van der Waals surface area contributed by atoms with Gasteiger partial charge >= 0.3 is 0 Å². The Kier molecular flexibility index (Phi) is 5.14. The average molecular weight is 354 g/mol. The molecule has 0 radical (unpaired) electrons. The summed E-state index contributed by atoms with van der Waals surface area (Å²) in [5.41, 5.74) is 3.76. The topological polar surface area (TPSA) is 69.9 Å². The molecule has 0 unspecified atom stereocenters. The average Bonchev–Trinajstić information content (AvgIpc) is 3.07. The number of carbonyl (C=O) groups is 1. The van der Waals surface area contributed by atoms with Gasteiger partial charge in [-0.15, -0.1) is 5.10 Å². The van der Waals surface area contributed by atoms with Crippen molar-refractivity contribution in [1.29, 1.82) is 0 Å². The molecule has 0 N–H and O–H groups in total. The Morgan fingerprint density at radius 3 is 2.64 bits per heavy atom. The maximum absolute atomic E-state index is 12.4. The van der Waals surface area contributed by atoms with Crippen LogP contribution in [0.5, 0.6) is 5.75 Å². The number of rotatable bonds is 6. The van der Waals surface area contributed by atoms with E-state index in [0.29, 0.717) is 16.5 Å². The minimum atomic E-state index is -0.00104. The summed E-state index contributed by atoms with van der Waals surface area (Å²) in [6.07, 6.45) is 0. The van der Waals surface area contributed by atoms with Gasteiger partial charge in [-0.05, 0) is 59.7 Å². The molecule has 0 aliphatic heterocycles. The van der Waals surface area contributed by atoms with Gasteiger partial charge < -0.3 is 4.74 Å². The van der Waals surface area contributed by atoms with E-state index in [1.54, 1.807) is 30.0 Å². The number of ketones is 1. The number of aryl methyl sites for hydroxylation is 2. The van der Waals surface area contributed by atoms with Crippen molar-refractivity contribution in [3.8, 4) is 11.4 Å². The molecule has 3 rings (SSSR count). The van der Waals surface area contributed by atoms with Crippen molar-refractivity contribution >= 4 is 17.5 Å². The maximum atomic E-state index is 12.4. The van der Waals surface area contributed by atoms with Crippen molar-refractivity contribution in [1.82, 2.24) is 20.2 Å². The van der Waals surface area contributed by atoms with Crippen LogP contribution in [0.2, 0.25) is 0 Å². The van der Waals surface area contributed by atoms with E-state index in [9.17, 15) is 4.79 Å². The van der Waals surface area contributed by atoms with Crippen LogP contribution in [0.1, 0.15) is 21.5 Å². The quantitative estimate of drug-likeness (QED) is 0.500. The molecular weight excluding hydrogens is 336 g/mol. The van der Waals surface area contributed by atoms with E-state index in [1.807, 2.05) is 32.0 Å². The second-order valence-corrected chi connectivity index (χ2v) is 6.61. The van der Waals surface area contributed by atoms with Crippen LogP contribution in [0.15, 0.2) is 47.6 Å². The molecule has 128 valence electrons. The van der Waals surface area contributed by atoms with E-state index in [-0.39, 0.29) is 11.5 Å². The van der Waals surface area contributed by atoms with E-state index >= 15 is 0 Å². The van der Waals surface area contributed by atoms with Crippen LogP contribution < -0.4 is 4.74 Å². The molecule has 0 aliphatic carbocycles. The Hall–Kier alpha value is -2.67. The van der Waals surface area contributed by atoms with Gasteiger partial charge in [0.15, 0.2) is 5.78 Å². The van der Waals surface area contributed by atoms with Gasteiger partial charge in [0, 0.05) is 5.56 Å². The first-order valence-electron chi connectivity index (χ1n) is 7.74. The van der Waals surface area contributed by atoms with E-state index < -0.39 is 0 Å². The van der Waals surface area contributed by atoms with E-state index in [2.05, 4.69) is 21.6 Å². The van der Waals surface area contributed by atoms with Crippen LogP contribution in [-0.2, 0) is 0 Å². The molecule has 0 atom stereocenters. The summed E-state index contributed by atoms with van der Waals surface area (Å²) >= 11 is 1.31. The maximum Gasteiger partial charge on any atom is 0.214 e. The number of aromatic nitrogens is 4. The van der Waals surface area contributed by atoms with E-state index in [4.69, 9.17) is 4.74 Å². The summed E-state index contributed by atoms with van der Waals surface area (Å²) in [6, 6.07) is 13.2. The Bertz CT molecular complexity index is 887. The standard InChI is InChI=1S/C18H18N4O2S/c1-12-7-13(2)9-15(8-12)22-18(19-20-21-22)25-11-17(23)14-5-4-6-16(10-14)24-3/h4-10H,11H2,1-3H3. The highest BCUT2D eigenvalue weighted by atomic mass is 32.2. The van der Waals surface area contributed by atoms with Crippen molar-refractivity contribution in [3.05, 3.63) is 59.2 Å². The third-order valence-corrected chi connectivity index (χ3v) is 4.54. The predicted octanol–water partition coefficient (Wildman–Crippen LogP) is 3.26. The fraction of sp³-hybridized carbons (Fsp3) is 0.222. The molecule has 0 fully saturated rings. The van der Waals surface area contributed by atoms with Crippen molar-refractivity contribution in [2.75, 3.05) is 12.9 Å². The van der Waals surface area contributed by atoms with Gasteiger partial charge in [0.1, 0.15) is 5.75 Å². The lowest BCUT2D eigenvalue weighted by Crippen LogP contribution is -2.05. The fourth-order valence-corrected chi connectivity index (χ4v) is 3.30. The number of carbonyl (C=O) groups excluding carboxylic acids is 1. The van der Waals surface area contributed by atoms with E-state index in [0.717, 1.165) is 16.8 Å². The minimum Gasteiger partial charge on any atom is -0.497 e. The number of nitrogens with zero attached hydrogens (tertiary/aromatic N) is 4. The van der Waals surface area contributed by atoms with Gasteiger partial charge in [-0.1, -0.05) is 30.0 Å². The van der Waals surface area contributed by atoms with Crippen LogP contribution in [0, 0.1) is 13.8 Å². The summed E-state index contributed by atoms with van der Waals surface area (Å²) < 4.78 is 6.82. The molecule has 1 aromatic heterocycles. The highest BCUT2D eigenvalue weighted by molar-refractivity contribution is 7.99. The van der Waals surface area contributed by atoms with E-state index in [1.165, 1.54) is 11.8 Å². The first kappa shape index (κ1) is 17.2. The molecular formula is C18H18N4O2S. The van der Waals surface area contributed by atoms with Crippen molar-refractivity contribution in [3.63, 3.8) is 0 Å². The van der Waals surface area contributed by atoms with Gasteiger partial charge in [-0.3, -0.25) is 4.79 Å². The highest BCUT2D eigenvalue weighted by Crippen LogP contribution is 2.22. The predicted molar refractivity (Wildman–Crippen MR) is 96.7 cm³/mol. The summed E-state index contributed by atoms with van der Waals surface area (Å²) in [5, 5.41) is 12.4. The van der Waals surface area contributed by atoms with Gasteiger partial charge in [-0.25, -0.2) is 0 Å². The summed E-state index contributed by atoms with van der Waals surface area (Å²) in [5.74, 6) is 0.910. The molecule has 25 heavy (non-hydrogen) atoms. The Morgan fingerprint density at radius 2 is 1.92 bits per heavy atom. The van der Waals surface area contributed by atoms with Crippen LogP contribution in [-0.4, -0.2) is 38.9 Å². The number of ether oxygens (including phenoxy) is 1. The van der Waals surface area contributed by atoms with Gasteiger partial charge in [-0.2, -0.15) is 4.68 Å². The largest absolute Gasteiger partial charge is 0.497 e. The molecule has 0 amide bonds. The lowest BCUT2D eigenvalue weighted by atomic mass is 10.1. The zero-order valence-corrected chi connectivity index (χ0v) is 15.1. The SMILES string of the molecule is COc1cccc(C(=O)CSc2nnnn2-c2cc(C)cc(C)c2)c1. The number of hydrogen-bond acceptors (Lipinski definition) is 6. The van der Waals surface area contributed by atoms with Crippen molar-refractivity contribution in [2.45, 2.75) is 19.0 Å². The number of Topliss-reactive ketones (excluding diaryl/α,β-unsaturated/α-hetero) is 1. The number of thioether (sulfide) groups is 1.